The largest absolute Gasteiger partial charge is 0.508 e. The summed E-state index contributed by atoms with van der Waals surface area (Å²) in [6.07, 6.45) is 3.57. The van der Waals surface area contributed by atoms with Crippen molar-refractivity contribution in [1.82, 2.24) is 14.6 Å². The Hall–Kier alpha value is -2.01. The zero-order chi connectivity index (χ0) is 12.5. The van der Waals surface area contributed by atoms with E-state index >= 15 is 0 Å². The molecule has 0 fully saturated rings. The lowest BCUT2D eigenvalue weighted by Crippen LogP contribution is -1.90. The summed E-state index contributed by atoms with van der Waals surface area (Å²) >= 11 is 1.56. The number of hydrogen-bond acceptors (Lipinski definition) is 4. The molecule has 5 heteroatoms. The van der Waals surface area contributed by atoms with Gasteiger partial charge in [-0.2, -0.15) is 5.10 Å². The van der Waals surface area contributed by atoms with Gasteiger partial charge in [-0.05, 0) is 37.3 Å². The fourth-order valence-electron chi connectivity index (χ4n) is 1.72. The van der Waals surface area contributed by atoms with Gasteiger partial charge in [0.1, 0.15) is 10.8 Å². The van der Waals surface area contributed by atoms with Gasteiger partial charge in [0.25, 0.3) is 0 Å². The number of hydrogen-bond donors (Lipinski definition) is 1. The van der Waals surface area contributed by atoms with Gasteiger partial charge >= 0.3 is 0 Å². The van der Waals surface area contributed by atoms with E-state index in [9.17, 15) is 5.11 Å². The van der Waals surface area contributed by atoms with Crippen LogP contribution in [-0.4, -0.2) is 19.7 Å². The molecule has 90 valence electrons. The number of aromatic hydroxyl groups is 1. The summed E-state index contributed by atoms with van der Waals surface area (Å²) in [5, 5.41) is 14.5. The predicted molar refractivity (Wildman–Crippen MR) is 70.0 cm³/mol. The molecule has 0 saturated carbocycles. The van der Waals surface area contributed by atoms with Crippen LogP contribution in [0.2, 0.25) is 0 Å². The van der Waals surface area contributed by atoms with E-state index in [0.717, 1.165) is 21.1 Å². The van der Waals surface area contributed by atoms with Crippen molar-refractivity contribution in [3.8, 4) is 5.75 Å². The molecule has 4 nitrogen and oxygen atoms in total. The van der Waals surface area contributed by atoms with Crippen molar-refractivity contribution in [2.75, 3.05) is 0 Å². The monoisotopic (exact) mass is 257 g/mol. The molecular weight excluding hydrogens is 246 g/mol. The molecule has 0 aliphatic heterocycles. The molecule has 1 aromatic carbocycles. The Morgan fingerprint density at radius 2 is 2.00 bits per heavy atom. The third-order valence-electron chi connectivity index (χ3n) is 2.53. The van der Waals surface area contributed by atoms with Gasteiger partial charge in [0.05, 0.1) is 11.2 Å². The van der Waals surface area contributed by atoms with Crippen LogP contribution >= 0.6 is 11.8 Å². The summed E-state index contributed by atoms with van der Waals surface area (Å²) < 4.78 is 1.82. The quantitative estimate of drug-likeness (QED) is 0.767. The minimum atomic E-state index is 0.269. The number of aromatic nitrogens is 3. The van der Waals surface area contributed by atoms with Crippen molar-refractivity contribution in [1.29, 1.82) is 0 Å². The number of phenols is 1. The average molecular weight is 257 g/mol. The molecule has 2 heterocycles. The Kier molecular flexibility index (Phi) is 2.68. The molecule has 0 unspecified atom stereocenters. The molecule has 0 bridgehead atoms. The van der Waals surface area contributed by atoms with Gasteiger partial charge in [-0.3, -0.25) is 0 Å². The van der Waals surface area contributed by atoms with E-state index in [1.165, 1.54) is 0 Å². The van der Waals surface area contributed by atoms with Crippen molar-refractivity contribution in [3.63, 3.8) is 0 Å². The number of nitrogens with zero attached hydrogens (tertiary/aromatic N) is 3. The summed E-state index contributed by atoms with van der Waals surface area (Å²) in [5.74, 6) is 0.269. The van der Waals surface area contributed by atoms with Crippen molar-refractivity contribution in [3.05, 3.63) is 48.4 Å². The minimum absolute atomic E-state index is 0.269. The van der Waals surface area contributed by atoms with Crippen LogP contribution in [0.4, 0.5) is 0 Å². The lowest BCUT2D eigenvalue weighted by atomic mass is 10.3. The standard InChI is InChI=1S/C13H11N3OS/c1-9-8-12-13(14-6-7-16(12)15-9)18-11-4-2-10(17)3-5-11/h2-8,17H,1H3. The smallest absolute Gasteiger partial charge is 0.127 e. The van der Waals surface area contributed by atoms with Gasteiger partial charge in [0.15, 0.2) is 0 Å². The SMILES string of the molecule is Cc1cc2c(Sc3ccc(O)cc3)nccn2n1. The Morgan fingerprint density at radius 3 is 2.78 bits per heavy atom. The van der Waals surface area contributed by atoms with Gasteiger partial charge in [0, 0.05) is 17.3 Å². The highest BCUT2D eigenvalue weighted by Gasteiger charge is 2.07. The van der Waals surface area contributed by atoms with Crippen LogP contribution in [0.15, 0.2) is 52.6 Å². The summed E-state index contributed by atoms with van der Waals surface area (Å²) in [4.78, 5) is 5.41. The molecular formula is C13H11N3OS. The molecule has 0 aliphatic rings. The first-order valence-electron chi connectivity index (χ1n) is 5.50. The lowest BCUT2D eigenvalue weighted by molar-refractivity contribution is 0.475. The second kappa shape index (κ2) is 4.34. The highest BCUT2D eigenvalue weighted by Crippen LogP contribution is 2.30. The summed E-state index contributed by atoms with van der Waals surface area (Å²) in [6, 6.07) is 9.09. The van der Waals surface area contributed by atoms with Crippen LogP contribution < -0.4 is 0 Å². The van der Waals surface area contributed by atoms with Crippen molar-refractivity contribution >= 4 is 17.3 Å². The van der Waals surface area contributed by atoms with E-state index in [0.29, 0.717) is 0 Å². The van der Waals surface area contributed by atoms with E-state index in [1.54, 1.807) is 30.1 Å². The normalized spacial score (nSPS) is 10.9. The maximum atomic E-state index is 9.26. The second-order valence-electron chi connectivity index (χ2n) is 3.94. The zero-order valence-electron chi connectivity index (χ0n) is 9.74. The molecule has 18 heavy (non-hydrogen) atoms. The zero-order valence-corrected chi connectivity index (χ0v) is 10.6. The van der Waals surface area contributed by atoms with Crippen LogP contribution in [-0.2, 0) is 0 Å². The van der Waals surface area contributed by atoms with Crippen molar-refractivity contribution < 1.29 is 5.11 Å². The summed E-state index contributed by atoms with van der Waals surface area (Å²) in [5.41, 5.74) is 1.96. The van der Waals surface area contributed by atoms with Gasteiger partial charge in [-0.15, -0.1) is 0 Å². The summed E-state index contributed by atoms with van der Waals surface area (Å²) in [7, 11) is 0. The number of phenolic OH excluding ortho intramolecular Hbond substituents is 1. The van der Waals surface area contributed by atoms with Crippen LogP contribution in [0.5, 0.6) is 5.75 Å². The van der Waals surface area contributed by atoms with Crippen molar-refractivity contribution in [2.24, 2.45) is 0 Å². The van der Waals surface area contributed by atoms with Gasteiger partial charge < -0.3 is 5.11 Å². The molecule has 0 radical (unpaired) electrons. The van der Waals surface area contributed by atoms with Crippen LogP contribution in [0.1, 0.15) is 5.69 Å². The molecule has 0 amide bonds. The molecule has 0 atom stereocenters. The van der Waals surface area contributed by atoms with Gasteiger partial charge in [-0.1, -0.05) is 11.8 Å². The van der Waals surface area contributed by atoms with E-state index in [-0.39, 0.29) is 5.75 Å². The lowest BCUT2D eigenvalue weighted by Gasteiger charge is -2.02. The van der Waals surface area contributed by atoms with E-state index in [4.69, 9.17) is 0 Å². The molecule has 2 aromatic heterocycles. The highest BCUT2D eigenvalue weighted by molar-refractivity contribution is 7.99. The van der Waals surface area contributed by atoms with Crippen LogP contribution in [0.25, 0.3) is 5.52 Å². The van der Waals surface area contributed by atoms with Gasteiger partial charge in [0.2, 0.25) is 0 Å². The Balaban J connectivity index is 2.01. The maximum Gasteiger partial charge on any atom is 0.127 e. The van der Waals surface area contributed by atoms with E-state index in [2.05, 4.69) is 10.1 Å². The minimum Gasteiger partial charge on any atom is -0.508 e. The van der Waals surface area contributed by atoms with Crippen LogP contribution in [0, 0.1) is 6.92 Å². The topological polar surface area (TPSA) is 50.4 Å². The maximum absolute atomic E-state index is 9.26. The number of aryl methyl sites for hydroxylation is 1. The second-order valence-corrected chi connectivity index (χ2v) is 5.01. The molecule has 3 rings (SSSR count). The number of benzene rings is 1. The van der Waals surface area contributed by atoms with Crippen LogP contribution in [0.3, 0.4) is 0 Å². The highest BCUT2D eigenvalue weighted by atomic mass is 32.2. The van der Waals surface area contributed by atoms with E-state index in [1.807, 2.05) is 35.8 Å². The molecule has 0 spiro atoms. The van der Waals surface area contributed by atoms with Crippen molar-refractivity contribution in [2.45, 2.75) is 16.8 Å². The Morgan fingerprint density at radius 1 is 1.22 bits per heavy atom. The molecule has 0 saturated heterocycles. The molecule has 0 aliphatic carbocycles. The first-order chi connectivity index (χ1) is 8.72. The number of rotatable bonds is 2. The molecule has 3 aromatic rings. The third kappa shape index (κ3) is 2.04. The first-order valence-corrected chi connectivity index (χ1v) is 6.32. The average Bonchev–Trinajstić information content (AvgIpc) is 2.73. The van der Waals surface area contributed by atoms with Gasteiger partial charge in [-0.25, -0.2) is 9.50 Å². The Bertz CT molecular complexity index is 691. The fourth-order valence-corrected chi connectivity index (χ4v) is 2.59. The first kappa shape index (κ1) is 11.1. The summed E-state index contributed by atoms with van der Waals surface area (Å²) in [6.45, 7) is 1.96. The third-order valence-corrected chi connectivity index (χ3v) is 3.54. The predicted octanol–water partition coefficient (Wildman–Crippen LogP) is 2.89. The fraction of sp³-hybridized carbons (Fsp3) is 0.0769. The van der Waals surface area contributed by atoms with E-state index < -0.39 is 0 Å². The molecule has 1 N–H and O–H groups in total. The number of fused-ring (bicyclic) bond motifs is 1. The Labute approximate surface area is 108 Å².